The van der Waals surface area contributed by atoms with Crippen LogP contribution in [0.3, 0.4) is 0 Å². The predicted molar refractivity (Wildman–Crippen MR) is 119 cm³/mol. The Morgan fingerprint density at radius 3 is 2.40 bits per heavy atom. The Kier molecular flexibility index (Phi) is 8.37. The van der Waals surface area contributed by atoms with Gasteiger partial charge in [0.15, 0.2) is 0 Å². The Morgan fingerprint density at radius 1 is 1.03 bits per heavy atom. The summed E-state index contributed by atoms with van der Waals surface area (Å²) in [6, 6.07) is 7.62. The molecule has 3 rings (SSSR count). The molecular weight excluding hydrogens is 380 g/mol. The number of ether oxygens (including phenoxy) is 1. The van der Waals surface area contributed by atoms with Crippen molar-refractivity contribution >= 4 is 17.6 Å². The number of piperidine rings is 1. The molecule has 0 radical (unpaired) electrons. The summed E-state index contributed by atoms with van der Waals surface area (Å²) >= 11 is 0. The number of rotatable bonds is 7. The van der Waals surface area contributed by atoms with Gasteiger partial charge in [0, 0.05) is 30.9 Å². The first kappa shape index (κ1) is 22.4. The number of nitrogens with zero attached hydrogens (tertiary/aromatic N) is 1. The van der Waals surface area contributed by atoms with Crippen molar-refractivity contribution in [1.82, 2.24) is 15.5 Å². The fourth-order valence-corrected chi connectivity index (χ4v) is 4.38. The summed E-state index contributed by atoms with van der Waals surface area (Å²) in [4.78, 5) is 26.9. The lowest BCUT2D eigenvalue weighted by atomic mass is 9.86. The molecule has 2 aliphatic rings. The van der Waals surface area contributed by atoms with Crippen molar-refractivity contribution in [2.24, 2.45) is 5.92 Å². The highest BCUT2D eigenvalue weighted by Gasteiger charge is 2.25. The predicted octanol–water partition coefficient (Wildman–Crippen LogP) is 3.37. The van der Waals surface area contributed by atoms with E-state index in [1.807, 2.05) is 31.2 Å². The van der Waals surface area contributed by atoms with Crippen molar-refractivity contribution < 1.29 is 14.3 Å². The van der Waals surface area contributed by atoms with Gasteiger partial charge in [-0.2, -0.15) is 0 Å². The number of urea groups is 1. The summed E-state index contributed by atoms with van der Waals surface area (Å²) in [6.45, 7) is 6.89. The van der Waals surface area contributed by atoms with Gasteiger partial charge in [0.2, 0.25) is 5.91 Å². The minimum atomic E-state index is -0.193. The molecule has 3 amide bonds. The quantitative estimate of drug-likeness (QED) is 0.636. The maximum atomic E-state index is 12.4. The summed E-state index contributed by atoms with van der Waals surface area (Å²) in [5.74, 6) is 1.50. The second-order valence-corrected chi connectivity index (χ2v) is 8.54. The van der Waals surface area contributed by atoms with Gasteiger partial charge >= 0.3 is 6.03 Å². The zero-order valence-corrected chi connectivity index (χ0v) is 18.3. The number of nitrogens with one attached hydrogen (secondary N) is 3. The van der Waals surface area contributed by atoms with Crippen molar-refractivity contribution in [3.05, 3.63) is 24.3 Å². The lowest BCUT2D eigenvalue weighted by Crippen LogP contribution is -2.50. The first-order chi connectivity index (χ1) is 14.5. The van der Waals surface area contributed by atoms with E-state index in [-0.39, 0.29) is 18.0 Å². The van der Waals surface area contributed by atoms with Gasteiger partial charge in [0.25, 0.3) is 0 Å². The lowest BCUT2D eigenvalue weighted by molar-refractivity contribution is -0.123. The zero-order chi connectivity index (χ0) is 21.3. The van der Waals surface area contributed by atoms with E-state index < -0.39 is 0 Å². The fourth-order valence-electron chi connectivity index (χ4n) is 4.38. The molecule has 1 aliphatic heterocycles. The number of carbonyl (C=O) groups is 2. The minimum absolute atomic E-state index is 0.130. The van der Waals surface area contributed by atoms with Gasteiger partial charge in [-0.1, -0.05) is 19.8 Å². The van der Waals surface area contributed by atoms with Crippen LogP contribution in [-0.2, 0) is 4.79 Å². The van der Waals surface area contributed by atoms with Crippen molar-refractivity contribution in [2.45, 2.75) is 64.5 Å². The molecule has 1 saturated carbocycles. The summed E-state index contributed by atoms with van der Waals surface area (Å²) in [7, 11) is 0. The van der Waals surface area contributed by atoms with E-state index in [1.54, 1.807) is 0 Å². The molecule has 1 heterocycles. The van der Waals surface area contributed by atoms with E-state index in [1.165, 1.54) is 19.3 Å². The molecule has 1 saturated heterocycles. The summed E-state index contributed by atoms with van der Waals surface area (Å²) in [5, 5.41) is 9.14. The second kappa shape index (κ2) is 11.2. The molecule has 0 aromatic heterocycles. The average Bonchev–Trinajstić information content (AvgIpc) is 2.73. The van der Waals surface area contributed by atoms with Crippen molar-refractivity contribution in [1.29, 1.82) is 0 Å². The van der Waals surface area contributed by atoms with Gasteiger partial charge in [-0.15, -0.1) is 0 Å². The standard InChI is InChI=1S/C23H36N4O3/c1-3-30-20-10-8-18(9-11-20)24-23(29)25-19-12-14-27(15-13-19)16-22(28)26-21-7-5-4-6-17(21)2/h8-11,17,19,21H,3-7,12-16H2,1-2H3,(H,26,28)(H2,24,25,29)/t17-,21-/m0/s1. The van der Waals surface area contributed by atoms with E-state index in [9.17, 15) is 9.59 Å². The number of likely N-dealkylation sites (tertiary alicyclic amines) is 1. The van der Waals surface area contributed by atoms with Gasteiger partial charge < -0.3 is 20.7 Å². The van der Waals surface area contributed by atoms with Crippen LogP contribution in [0.15, 0.2) is 24.3 Å². The molecule has 166 valence electrons. The van der Waals surface area contributed by atoms with Gasteiger partial charge in [0.05, 0.1) is 13.2 Å². The van der Waals surface area contributed by atoms with E-state index in [0.717, 1.165) is 43.8 Å². The third-order valence-electron chi connectivity index (χ3n) is 6.17. The molecule has 3 N–H and O–H groups in total. The van der Waals surface area contributed by atoms with Crippen LogP contribution in [0.5, 0.6) is 5.75 Å². The molecule has 7 heteroatoms. The molecule has 7 nitrogen and oxygen atoms in total. The lowest BCUT2D eigenvalue weighted by Gasteiger charge is -2.33. The number of hydrogen-bond acceptors (Lipinski definition) is 4. The largest absolute Gasteiger partial charge is 0.494 e. The van der Waals surface area contributed by atoms with Crippen LogP contribution < -0.4 is 20.7 Å². The number of anilines is 1. The molecule has 2 fully saturated rings. The normalized spacial score (nSPS) is 22.9. The van der Waals surface area contributed by atoms with Gasteiger partial charge in [-0.05, 0) is 62.8 Å². The maximum Gasteiger partial charge on any atom is 0.319 e. The smallest absolute Gasteiger partial charge is 0.319 e. The highest BCUT2D eigenvalue weighted by Crippen LogP contribution is 2.23. The molecular formula is C23H36N4O3. The van der Waals surface area contributed by atoms with Crippen LogP contribution in [-0.4, -0.2) is 55.2 Å². The average molecular weight is 417 g/mol. The van der Waals surface area contributed by atoms with Crippen molar-refractivity contribution in [3.63, 3.8) is 0 Å². The van der Waals surface area contributed by atoms with Crippen LogP contribution in [0, 0.1) is 5.92 Å². The molecule has 1 aliphatic carbocycles. The molecule has 0 bridgehead atoms. The van der Waals surface area contributed by atoms with Gasteiger partial charge in [0.1, 0.15) is 5.75 Å². The molecule has 2 atom stereocenters. The molecule has 1 aromatic carbocycles. The SMILES string of the molecule is CCOc1ccc(NC(=O)NC2CCN(CC(=O)N[C@H]3CCCC[C@@H]3C)CC2)cc1. The van der Waals surface area contributed by atoms with Crippen LogP contribution in [0.25, 0.3) is 0 Å². The van der Waals surface area contributed by atoms with Crippen molar-refractivity contribution in [3.8, 4) is 5.75 Å². The first-order valence-electron chi connectivity index (χ1n) is 11.4. The second-order valence-electron chi connectivity index (χ2n) is 8.54. The molecule has 1 aromatic rings. The number of benzene rings is 1. The van der Waals surface area contributed by atoms with E-state index >= 15 is 0 Å². The Labute approximate surface area is 179 Å². The summed E-state index contributed by atoms with van der Waals surface area (Å²) in [5.41, 5.74) is 0.738. The topological polar surface area (TPSA) is 82.7 Å². The van der Waals surface area contributed by atoms with Gasteiger partial charge in [-0.3, -0.25) is 9.69 Å². The van der Waals surface area contributed by atoms with E-state index in [0.29, 0.717) is 25.1 Å². The molecule has 0 unspecified atom stereocenters. The molecule has 0 spiro atoms. The van der Waals surface area contributed by atoms with Gasteiger partial charge in [-0.25, -0.2) is 4.79 Å². The Bertz CT molecular complexity index is 686. The van der Waals surface area contributed by atoms with Crippen LogP contribution >= 0.6 is 0 Å². The highest BCUT2D eigenvalue weighted by molar-refractivity contribution is 5.89. The first-order valence-corrected chi connectivity index (χ1v) is 11.4. The van der Waals surface area contributed by atoms with Crippen LogP contribution in [0.4, 0.5) is 10.5 Å². The number of carbonyl (C=O) groups excluding carboxylic acids is 2. The Morgan fingerprint density at radius 2 is 1.73 bits per heavy atom. The monoisotopic (exact) mass is 416 g/mol. The van der Waals surface area contributed by atoms with E-state index in [4.69, 9.17) is 4.74 Å². The molecule has 30 heavy (non-hydrogen) atoms. The third kappa shape index (κ3) is 6.90. The van der Waals surface area contributed by atoms with Crippen LogP contribution in [0.1, 0.15) is 52.4 Å². The van der Waals surface area contributed by atoms with Crippen molar-refractivity contribution in [2.75, 3.05) is 31.6 Å². The van der Waals surface area contributed by atoms with E-state index in [2.05, 4.69) is 27.8 Å². The minimum Gasteiger partial charge on any atom is -0.494 e. The third-order valence-corrected chi connectivity index (χ3v) is 6.17. The highest BCUT2D eigenvalue weighted by atomic mass is 16.5. The Hall–Kier alpha value is -2.28. The number of hydrogen-bond donors (Lipinski definition) is 3. The summed E-state index contributed by atoms with van der Waals surface area (Å²) < 4.78 is 5.41. The fraction of sp³-hybridized carbons (Fsp3) is 0.652. The van der Waals surface area contributed by atoms with Crippen LogP contribution in [0.2, 0.25) is 0 Å². The number of amides is 3. The maximum absolute atomic E-state index is 12.4. The summed E-state index contributed by atoms with van der Waals surface area (Å²) in [6.07, 6.45) is 6.50. The Balaban J connectivity index is 1.34. The zero-order valence-electron chi connectivity index (χ0n) is 18.3.